The van der Waals surface area contributed by atoms with Gasteiger partial charge in [0.2, 0.25) is 0 Å². The minimum atomic E-state index is -0.604. The summed E-state index contributed by atoms with van der Waals surface area (Å²) in [5.41, 5.74) is -0.139. The molecule has 8 heteroatoms. The molecule has 0 radical (unpaired) electrons. The predicted octanol–water partition coefficient (Wildman–Crippen LogP) is 1.43. The van der Waals surface area contributed by atoms with Crippen LogP contribution < -0.4 is 0 Å². The lowest BCUT2D eigenvalue weighted by molar-refractivity contribution is -0.142. The van der Waals surface area contributed by atoms with Crippen molar-refractivity contribution >= 4 is 18.0 Å². The highest BCUT2D eigenvalue weighted by molar-refractivity contribution is 5.89. The van der Waals surface area contributed by atoms with Crippen LogP contribution in [-0.4, -0.2) is 67.0 Å². The van der Waals surface area contributed by atoms with E-state index in [4.69, 9.17) is 18.9 Å². The Hall–Kier alpha value is -2.09. The lowest BCUT2D eigenvalue weighted by Gasteiger charge is -2.21. The van der Waals surface area contributed by atoms with Gasteiger partial charge in [0, 0.05) is 18.9 Å². The van der Waals surface area contributed by atoms with Crippen LogP contribution in [0.3, 0.4) is 0 Å². The number of ether oxygens (including phenoxy) is 4. The first-order valence-electron chi connectivity index (χ1n) is 8.19. The van der Waals surface area contributed by atoms with E-state index in [1.165, 1.54) is 14.0 Å². The Morgan fingerprint density at radius 3 is 2.48 bits per heavy atom. The summed E-state index contributed by atoms with van der Waals surface area (Å²) in [4.78, 5) is 36.6. The summed E-state index contributed by atoms with van der Waals surface area (Å²) in [6.07, 6.45) is 1.16. The van der Waals surface area contributed by atoms with Gasteiger partial charge >= 0.3 is 18.0 Å². The number of carbonyl (C=O) groups is 3. The maximum atomic E-state index is 12.3. The van der Waals surface area contributed by atoms with E-state index in [0.29, 0.717) is 12.0 Å². The van der Waals surface area contributed by atoms with Crippen molar-refractivity contribution in [2.75, 3.05) is 20.3 Å². The Labute approximate surface area is 147 Å². The first kappa shape index (κ1) is 19.2. The van der Waals surface area contributed by atoms with Gasteiger partial charge in [-0.3, -0.25) is 9.69 Å². The van der Waals surface area contributed by atoms with Gasteiger partial charge in [0.1, 0.15) is 12.2 Å². The summed E-state index contributed by atoms with van der Waals surface area (Å²) in [5.74, 6) is -0.833. The van der Waals surface area contributed by atoms with E-state index in [0.717, 1.165) is 0 Å². The monoisotopic (exact) mass is 355 g/mol. The maximum Gasteiger partial charge on any atom is 0.411 e. The molecule has 1 unspecified atom stereocenters. The quantitative estimate of drug-likeness (QED) is 0.319. The Morgan fingerprint density at radius 2 is 1.92 bits per heavy atom. The van der Waals surface area contributed by atoms with E-state index in [9.17, 15) is 14.4 Å². The van der Waals surface area contributed by atoms with Crippen LogP contribution in [0.2, 0.25) is 0 Å². The zero-order valence-electron chi connectivity index (χ0n) is 15.2. The van der Waals surface area contributed by atoms with Crippen molar-refractivity contribution in [3.05, 3.63) is 11.6 Å². The summed E-state index contributed by atoms with van der Waals surface area (Å²) >= 11 is 0. The Kier molecular flexibility index (Phi) is 5.72. The molecule has 0 spiro atoms. The van der Waals surface area contributed by atoms with Gasteiger partial charge in [-0.1, -0.05) is 0 Å². The summed E-state index contributed by atoms with van der Waals surface area (Å²) in [7, 11) is 1.31. The van der Waals surface area contributed by atoms with Crippen LogP contribution in [-0.2, 0) is 28.5 Å². The highest BCUT2D eigenvalue weighted by Gasteiger charge is 2.59. The van der Waals surface area contributed by atoms with Gasteiger partial charge in [-0.2, -0.15) is 0 Å². The molecule has 1 amide bonds. The number of nitrogens with zero attached hydrogens (tertiary/aromatic N) is 1. The largest absolute Gasteiger partial charge is 0.466 e. The molecule has 3 atom stereocenters. The van der Waals surface area contributed by atoms with Crippen molar-refractivity contribution in [1.29, 1.82) is 0 Å². The molecular weight excluding hydrogens is 330 g/mol. The van der Waals surface area contributed by atoms with Crippen molar-refractivity contribution in [3.8, 4) is 0 Å². The molecule has 1 saturated heterocycles. The van der Waals surface area contributed by atoms with Crippen LogP contribution in [0.1, 0.15) is 34.1 Å². The number of carbonyl (C=O) groups excluding carboxylic acids is 3. The van der Waals surface area contributed by atoms with E-state index in [1.54, 1.807) is 31.7 Å². The van der Waals surface area contributed by atoms with Crippen LogP contribution >= 0.6 is 0 Å². The molecule has 8 nitrogen and oxygen atoms in total. The molecule has 1 fully saturated rings. The van der Waals surface area contributed by atoms with Crippen molar-refractivity contribution < 1.29 is 33.3 Å². The van der Waals surface area contributed by atoms with Gasteiger partial charge < -0.3 is 18.9 Å². The fourth-order valence-corrected chi connectivity index (χ4v) is 2.86. The summed E-state index contributed by atoms with van der Waals surface area (Å²) in [6.45, 7) is 6.98. The zero-order valence-corrected chi connectivity index (χ0v) is 15.2. The third kappa shape index (κ3) is 4.94. The molecule has 1 aliphatic carbocycles. The van der Waals surface area contributed by atoms with Gasteiger partial charge in [0.15, 0.2) is 0 Å². The molecule has 1 heterocycles. The fraction of sp³-hybridized carbons (Fsp3) is 0.706. The summed E-state index contributed by atoms with van der Waals surface area (Å²) < 4.78 is 20.7. The van der Waals surface area contributed by atoms with E-state index in [-0.39, 0.29) is 25.3 Å². The van der Waals surface area contributed by atoms with Gasteiger partial charge in [-0.25, -0.2) is 9.59 Å². The smallest absolute Gasteiger partial charge is 0.411 e. The average Bonchev–Trinajstić information content (AvgIpc) is 3.23. The van der Waals surface area contributed by atoms with Crippen LogP contribution in [0.25, 0.3) is 0 Å². The molecule has 0 saturated carbocycles. The minimum absolute atomic E-state index is 0.108. The Morgan fingerprint density at radius 1 is 1.24 bits per heavy atom. The zero-order chi connectivity index (χ0) is 18.8. The van der Waals surface area contributed by atoms with Gasteiger partial charge in [0.25, 0.3) is 0 Å². The van der Waals surface area contributed by atoms with Crippen molar-refractivity contribution in [3.63, 3.8) is 0 Å². The molecule has 1 aliphatic heterocycles. The fourth-order valence-electron chi connectivity index (χ4n) is 2.86. The highest BCUT2D eigenvalue weighted by Crippen LogP contribution is 2.42. The van der Waals surface area contributed by atoms with Gasteiger partial charge in [0.05, 0.1) is 31.9 Å². The Bertz CT molecular complexity index is 578. The van der Waals surface area contributed by atoms with E-state index >= 15 is 0 Å². The molecule has 2 aliphatic rings. The third-order valence-corrected chi connectivity index (χ3v) is 3.86. The number of amides is 1. The second kappa shape index (κ2) is 7.43. The number of methoxy groups -OCH3 is 1. The molecule has 25 heavy (non-hydrogen) atoms. The van der Waals surface area contributed by atoms with E-state index < -0.39 is 29.7 Å². The molecule has 140 valence electrons. The van der Waals surface area contributed by atoms with Crippen LogP contribution in [0.4, 0.5) is 4.79 Å². The second-order valence-electron chi connectivity index (χ2n) is 7.01. The first-order chi connectivity index (χ1) is 11.6. The lowest BCUT2D eigenvalue weighted by atomic mass is 9.97. The number of hydrogen-bond acceptors (Lipinski definition) is 7. The number of rotatable bonds is 5. The Balaban J connectivity index is 2.03. The van der Waals surface area contributed by atoms with E-state index in [1.807, 2.05) is 0 Å². The van der Waals surface area contributed by atoms with Gasteiger partial charge in [-0.05, 0) is 26.8 Å². The topological polar surface area (TPSA) is 91.1 Å². The number of fused-ring (bicyclic) bond motifs is 1. The molecule has 0 bridgehead atoms. The molecule has 0 N–H and O–H groups in total. The van der Waals surface area contributed by atoms with Crippen LogP contribution in [0, 0.1) is 0 Å². The van der Waals surface area contributed by atoms with Crippen molar-refractivity contribution in [2.24, 2.45) is 0 Å². The van der Waals surface area contributed by atoms with Crippen LogP contribution in [0.5, 0.6) is 0 Å². The highest BCUT2D eigenvalue weighted by atomic mass is 16.6. The van der Waals surface area contributed by atoms with E-state index in [2.05, 4.69) is 0 Å². The predicted molar refractivity (Wildman–Crippen MR) is 86.7 cm³/mol. The standard InChI is InChI=1S/C17H25NO7/c1-10(19)23-6-7-24-13-9-11(15(20)22-5)8-12-14(13)18(12)16(21)25-17(2,3)4/h9,12-14H,6-8H2,1-5H3/t12?,13-,14-,18?/m1/s1. The number of esters is 2. The normalized spacial score (nSPS) is 24.8. The van der Waals surface area contributed by atoms with Crippen molar-refractivity contribution in [1.82, 2.24) is 4.90 Å². The summed E-state index contributed by atoms with van der Waals surface area (Å²) in [5, 5.41) is 0. The molecule has 0 aromatic carbocycles. The molecule has 0 aromatic rings. The average molecular weight is 355 g/mol. The molecule has 0 aromatic heterocycles. The summed E-state index contributed by atoms with van der Waals surface area (Å²) in [6, 6.07) is -0.353. The first-order valence-corrected chi connectivity index (χ1v) is 8.19. The molecule has 2 rings (SSSR count). The molecular formula is C17H25NO7. The SMILES string of the molecule is COC(=O)C1=C[C@@H](OCCOC(C)=O)[C@H]2C(C1)N2C(=O)OC(C)(C)C. The lowest BCUT2D eigenvalue weighted by Crippen LogP contribution is -2.31. The van der Waals surface area contributed by atoms with Gasteiger partial charge in [-0.15, -0.1) is 0 Å². The van der Waals surface area contributed by atoms with Crippen LogP contribution in [0.15, 0.2) is 11.6 Å². The maximum absolute atomic E-state index is 12.3. The number of hydrogen-bond donors (Lipinski definition) is 0. The second-order valence-corrected chi connectivity index (χ2v) is 7.01. The van der Waals surface area contributed by atoms with Crippen molar-refractivity contribution in [2.45, 2.75) is 57.9 Å². The minimum Gasteiger partial charge on any atom is -0.466 e. The third-order valence-electron chi connectivity index (χ3n) is 3.86.